The van der Waals surface area contributed by atoms with E-state index in [1.807, 2.05) is 4.68 Å². The first-order valence-corrected chi connectivity index (χ1v) is 8.90. The van der Waals surface area contributed by atoms with E-state index in [9.17, 15) is 4.79 Å². The summed E-state index contributed by atoms with van der Waals surface area (Å²) in [5.74, 6) is 0.138. The van der Waals surface area contributed by atoms with E-state index < -0.39 is 0 Å². The topological polar surface area (TPSA) is 83.0 Å². The second kappa shape index (κ2) is 7.20. The van der Waals surface area contributed by atoms with Gasteiger partial charge in [0, 0.05) is 6.54 Å². The maximum Gasteiger partial charge on any atom is 0.342 e. The van der Waals surface area contributed by atoms with Crippen LogP contribution >= 0.6 is 0 Å². The molecule has 0 amide bonds. The van der Waals surface area contributed by atoms with Gasteiger partial charge in [0.2, 0.25) is 0 Å². The van der Waals surface area contributed by atoms with Crippen molar-refractivity contribution in [2.75, 3.05) is 12.3 Å². The van der Waals surface area contributed by atoms with Gasteiger partial charge in [-0.2, -0.15) is 5.10 Å². The highest BCUT2D eigenvalue weighted by atomic mass is 16.5. The number of nitrogens with two attached hydrogens (primary N) is 1. The highest BCUT2D eigenvalue weighted by molar-refractivity contribution is 6.04. The summed E-state index contributed by atoms with van der Waals surface area (Å²) in [4.78, 5) is 17.0. The number of hydrogen-bond acceptors (Lipinski definition) is 5. The van der Waals surface area contributed by atoms with Crippen LogP contribution in [0.4, 0.5) is 5.69 Å². The third-order valence-corrected chi connectivity index (χ3v) is 4.86. The minimum atomic E-state index is -0.370. The maximum absolute atomic E-state index is 12.4. The van der Waals surface area contributed by atoms with Crippen LogP contribution in [-0.4, -0.2) is 27.3 Å². The lowest BCUT2D eigenvalue weighted by Gasteiger charge is -2.24. The second-order valence-electron chi connectivity index (χ2n) is 6.69. The van der Waals surface area contributed by atoms with E-state index in [2.05, 4.69) is 17.0 Å². The molecule has 2 N–H and O–H groups in total. The van der Waals surface area contributed by atoms with Crippen molar-refractivity contribution in [3.8, 4) is 0 Å². The van der Waals surface area contributed by atoms with Crippen molar-refractivity contribution in [3.63, 3.8) is 0 Å². The normalized spacial score (nSPS) is 14.8. The number of rotatable bonds is 7. The van der Waals surface area contributed by atoms with E-state index in [0.717, 1.165) is 49.7 Å². The van der Waals surface area contributed by atoms with Crippen LogP contribution in [0.5, 0.6) is 0 Å². The van der Waals surface area contributed by atoms with Gasteiger partial charge in [-0.25, -0.2) is 14.5 Å². The van der Waals surface area contributed by atoms with Crippen LogP contribution in [0.1, 0.15) is 61.5 Å². The Kier molecular flexibility index (Phi) is 5.02. The number of aryl methyl sites for hydroxylation is 2. The fourth-order valence-corrected chi connectivity index (χ4v) is 3.09. The van der Waals surface area contributed by atoms with Crippen molar-refractivity contribution in [3.05, 3.63) is 17.5 Å². The smallest absolute Gasteiger partial charge is 0.342 e. The highest BCUT2D eigenvalue weighted by Gasteiger charge is 2.24. The lowest BCUT2D eigenvalue weighted by molar-refractivity contribution is 0.0371. The van der Waals surface area contributed by atoms with Crippen LogP contribution in [0.15, 0.2) is 6.20 Å². The summed E-state index contributed by atoms with van der Waals surface area (Å²) in [6.07, 6.45) is 8.58. The number of unbranched alkanes of at least 4 members (excludes halogenated alkanes) is 2. The predicted octanol–water partition coefficient (Wildman–Crippen LogP) is 3.47. The minimum Gasteiger partial charge on any atom is -0.462 e. The number of fused-ring (bicyclic) bond motifs is 1. The summed E-state index contributed by atoms with van der Waals surface area (Å²) >= 11 is 0. The lowest BCUT2D eigenvalue weighted by atomic mass is 9.86. The Labute approximate surface area is 142 Å². The molecule has 0 unspecified atom stereocenters. The molecule has 6 heteroatoms. The molecule has 1 fully saturated rings. The van der Waals surface area contributed by atoms with Crippen molar-refractivity contribution in [2.24, 2.45) is 5.92 Å². The van der Waals surface area contributed by atoms with E-state index >= 15 is 0 Å². The van der Waals surface area contributed by atoms with Crippen LogP contribution in [0, 0.1) is 12.8 Å². The van der Waals surface area contributed by atoms with Crippen LogP contribution < -0.4 is 5.73 Å². The van der Waals surface area contributed by atoms with Crippen molar-refractivity contribution < 1.29 is 9.53 Å². The number of esters is 1. The molecule has 6 nitrogen and oxygen atoms in total. The molecule has 2 aromatic heterocycles. The molecule has 0 aliphatic heterocycles. The standard InChI is InChI=1S/C18H26N4O2/c1-3-4-5-9-22-17-14(10-20-22)16(19)15(12(2)21-17)18(23)24-11-13-7-6-8-13/h10,13H,3-9,11H2,1-2H3,(H2,19,21). The van der Waals surface area contributed by atoms with Crippen molar-refractivity contribution >= 4 is 22.7 Å². The number of pyridine rings is 1. The van der Waals surface area contributed by atoms with Gasteiger partial charge in [-0.1, -0.05) is 26.2 Å². The van der Waals surface area contributed by atoms with Gasteiger partial charge < -0.3 is 10.5 Å². The molecule has 2 heterocycles. The summed E-state index contributed by atoms with van der Waals surface area (Å²) in [5.41, 5.74) is 8.41. The van der Waals surface area contributed by atoms with E-state index in [4.69, 9.17) is 10.5 Å². The van der Waals surface area contributed by atoms with Crippen LogP contribution in [0.2, 0.25) is 0 Å². The van der Waals surface area contributed by atoms with Crippen LogP contribution in [-0.2, 0) is 11.3 Å². The molecule has 1 saturated carbocycles. The van der Waals surface area contributed by atoms with Crippen molar-refractivity contribution in [1.29, 1.82) is 0 Å². The average Bonchev–Trinajstić information content (AvgIpc) is 2.89. The zero-order valence-electron chi connectivity index (χ0n) is 14.5. The molecule has 0 atom stereocenters. The Hall–Kier alpha value is -2.11. The molecule has 2 aromatic rings. The molecule has 0 aromatic carbocycles. The van der Waals surface area contributed by atoms with E-state index in [0.29, 0.717) is 29.5 Å². The Bertz CT molecular complexity index is 734. The summed E-state index contributed by atoms with van der Waals surface area (Å²) in [7, 11) is 0. The van der Waals surface area contributed by atoms with Gasteiger partial charge in [-0.3, -0.25) is 0 Å². The molecular formula is C18H26N4O2. The zero-order chi connectivity index (χ0) is 17.1. The Morgan fingerprint density at radius 1 is 1.42 bits per heavy atom. The quantitative estimate of drug-likeness (QED) is 0.621. The fraction of sp³-hybridized carbons (Fsp3) is 0.611. The van der Waals surface area contributed by atoms with Gasteiger partial charge in [0.15, 0.2) is 5.65 Å². The maximum atomic E-state index is 12.4. The van der Waals surface area contributed by atoms with Gasteiger partial charge >= 0.3 is 5.97 Å². The fourth-order valence-electron chi connectivity index (χ4n) is 3.09. The number of nitrogens with zero attached hydrogens (tertiary/aromatic N) is 3. The third-order valence-electron chi connectivity index (χ3n) is 4.86. The second-order valence-corrected chi connectivity index (χ2v) is 6.69. The van der Waals surface area contributed by atoms with Gasteiger partial charge in [0.1, 0.15) is 5.56 Å². The van der Waals surface area contributed by atoms with E-state index in [-0.39, 0.29) is 5.97 Å². The Balaban J connectivity index is 1.82. The SMILES string of the molecule is CCCCCn1ncc2c(N)c(C(=O)OCC3CCC3)c(C)nc21. The number of aromatic nitrogens is 3. The molecule has 0 saturated heterocycles. The molecule has 1 aliphatic carbocycles. The number of carbonyl (C=O) groups is 1. The zero-order valence-corrected chi connectivity index (χ0v) is 14.5. The lowest BCUT2D eigenvalue weighted by Crippen LogP contribution is -2.21. The summed E-state index contributed by atoms with van der Waals surface area (Å²) in [5, 5.41) is 5.12. The Morgan fingerprint density at radius 3 is 2.88 bits per heavy atom. The van der Waals surface area contributed by atoms with Crippen LogP contribution in [0.25, 0.3) is 11.0 Å². The molecule has 3 rings (SSSR count). The third kappa shape index (κ3) is 3.23. The number of carbonyl (C=O) groups excluding carboxylic acids is 1. The summed E-state index contributed by atoms with van der Waals surface area (Å²) < 4.78 is 7.32. The highest BCUT2D eigenvalue weighted by Crippen LogP contribution is 2.29. The summed E-state index contributed by atoms with van der Waals surface area (Å²) in [6, 6.07) is 0. The number of ether oxygens (including phenoxy) is 1. The van der Waals surface area contributed by atoms with Gasteiger partial charge in [0.25, 0.3) is 0 Å². The number of anilines is 1. The van der Waals surface area contributed by atoms with E-state index in [1.165, 1.54) is 6.42 Å². The first-order valence-electron chi connectivity index (χ1n) is 8.90. The van der Waals surface area contributed by atoms with Gasteiger partial charge in [0.05, 0.1) is 29.6 Å². The van der Waals surface area contributed by atoms with Gasteiger partial charge in [-0.15, -0.1) is 0 Å². The monoisotopic (exact) mass is 330 g/mol. The van der Waals surface area contributed by atoms with Gasteiger partial charge in [-0.05, 0) is 32.1 Å². The predicted molar refractivity (Wildman–Crippen MR) is 93.8 cm³/mol. The minimum absolute atomic E-state index is 0.370. The molecule has 24 heavy (non-hydrogen) atoms. The van der Waals surface area contributed by atoms with E-state index in [1.54, 1.807) is 13.1 Å². The van der Waals surface area contributed by atoms with Crippen molar-refractivity contribution in [2.45, 2.75) is 58.9 Å². The largest absolute Gasteiger partial charge is 0.462 e. The van der Waals surface area contributed by atoms with Crippen molar-refractivity contribution in [1.82, 2.24) is 14.8 Å². The Morgan fingerprint density at radius 2 is 2.21 bits per heavy atom. The molecular weight excluding hydrogens is 304 g/mol. The van der Waals surface area contributed by atoms with Crippen LogP contribution in [0.3, 0.4) is 0 Å². The summed E-state index contributed by atoms with van der Waals surface area (Å²) in [6.45, 7) is 5.27. The first-order chi connectivity index (χ1) is 11.6. The molecule has 0 radical (unpaired) electrons. The molecule has 0 spiro atoms. The molecule has 0 bridgehead atoms. The molecule has 1 aliphatic rings. The first kappa shape index (κ1) is 16.7. The number of nitrogen functional groups attached to an aromatic ring is 1. The average molecular weight is 330 g/mol. The number of hydrogen-bond donors (Lipinski definition) is 1. The molecule has 130 valence electrons.